The van der Waals surface area contributed by atoms with Crippen molar-refractivity contribution in [3.63, 3.8) is 0 Å². The number of hydrogen-bond donors (Lipinski definition) is 1. The first-order chi connectivity index (χ1) is 9.20. The molecule has 1 heterocycles. The van der Waals surface area contributed by atoms with Gasteiger partial charge in [-0.15, -0.1) is 0 Å². The highest BCUT2D eigenvalue weighted by atomic mass is 16.5. The van der Waals surface area contributed by atoms with Crippen molar-refractivity contribution in [3.8, 4) is 5.75 Å². The Morgan fingerprint density at radius 2 is 2.26 bits per heavy atom. The number of nitrogens with one attached hydrogen (secondary N) is 1. The Bertz CT molecular complexity index is 392. The van der Waals surface area contributed by atoms with E-state index in [9.17, 15) is 0 Å². The maximum Gasteiger partial charge on any atom is 0.119 e. The lowest BCUT2D eigenvalue weighted by Crippen LogP contribution is -2.30. The Labute approximate surface area is 116 Å². The van der Waals surface area contributed by atoms with E-state index in [0.717, 1.165) is 25.3 Å². The number of ether oxygens (including phenoxy) is 2. The third kappa shape index (κ3) is 3.95. The first kappa shape index (κ1) is 14.4. The molecule has 0 aliphatic carbocycles. The van der Waals surface area contributed by atoms with Crippen LogP contribution in [0.15, 0.2) is 24.3 Å². The van der Waals surface area contributed by atoms with Crippen molar-refractivity contribution in [1.29, 1.82) is 0 Å². The van der Waals surface area contributed by atoms with Crippen molar-refractivity contribution in [2.75, 3.05) is 19.8 Å². The maximum absolute atomic E-state index is 5.92. The first-order valence-electron chi connectivity index (χ1n) is 7.28. The lowest BCUT2D eigenvalue weighted by Gasteiger charge is -2.21. The summed E-state index contributed by atoms with van der Waals surface area (Å²) in [4.78, 5) is 0. The molecule has 0 bridgehead atoms. The van der Waals surface area contributed by atoms with Gasteiger partial charge in [-0.2, -0.15) is 0 Å². The molecule has 0 amide bonds. The predicted molar refractivity (Wildman–Crippen MR) is 77.5 cm³/mol. The highest BCUT2D eigenvalue weighted by Crippen LogP contribution is 2.35. The van der Waals surface area contributed by atoms with Crippen molar-refractivity contribution in [3.05, 3.63) is 29.8 Å². The molecule has 106 valence electrons. The third-order valence-corrected chi connectivity index (χ3v) is 3.50. The number of benzene rings is 1. The second-order valence-corrected chi connectivity index (χ2v) is 5.41. The molecular formula is C16H25NO2. The fraction of sp³-hybridized carbons (Fsp3) is 0.625. The molecule has 3 nitrogen and oxygen atoms in total. The average molecular weight is 263 g/mol. The monoisotopic (exact) mass is 263 g/mol. The van der Waals surface area contributed by atoms with E-state index >= 15 is 0 Å². The van der Waals surface area contributed by atoms with Crippen molar-refractivity contribution >= 4 is 0 Å². The maximum atomic E-state index is 5.92. The van der Waals surface area contributed by atoms with Crippen LogP contribution in [0.1, 0.15) is 38.9 Å². The molecule has 1 aliphatic rings. The fourth-order valence-corrected chi connectivity index (χ4v) is 2.55. The summed E-state index contributed by atoms with van der Waals surface area (Å²) in [5, 5.41) is 3.52. The van der Waals surface area contributed by atoms with Crippen LogP contribution >= 0.6 is 0 Å². The Kier molecular flexibility index (Phi) is 5.23. The Hall–Kier alpha value is -1.06. The van der Waals surface area contributed by atoms with Gasteiger partial charge in [0.15, 0.2) is 0 Å². The molecule has 1 saturated heterocycles. The van der Waals surface area contributed by atoms with E-state index in [0.29, 0.717) is 18.6 Å². The summed E-state index contributed by atoms with van der Waals surface area (Å²) in [6.45, 7) is 8.94. The summed E-state index contributed by atoms with van der Waals surface area (Å²) < 4.78 is 11.5. The summed E-state index contributed by atoms with van der Waals surface area (Å²) in [5.74, 6) is 1.49. The van der Waals surface area contributed by atoms with Crippen LogP contribution < -0.4 is 10.1 Å². The van der Waals surface area contributed by atoms with Gasteiger partial charge in [-0.05, 0) is 31.0 Å². The SMILES string of the molecule is CCOc1cccc(C2OCCC2CNC(C)C)c1. The Morgan fingerprint density at radius 3 is 3.00 bits per heavy atom. The molecule has 0 saturated carbocycles. The van der Waals surface area contributed by atoms with Crippen LogP contribution in [0.2, 0.25) is 0 Å². The third-order valence-electron chi connectivity index (χ3n) is 3.50. The van der Waals surface area contributed by atoms with Gasteiger partial charge in [-0.25, -0.2) is 0 Å². The molecule has 0 radical (unpaired) electrons. The molecule has 1 aromatic rings. The van der Waals surface area contributed by atoms with E-state index in [4.69, 9.17) is 9.47 Å². The van der Waals surface area contributed by atoms with Gasteiger partial charge in [0.05, 0.1) is 12.7 Å². The van der Waals surface area contributed by atoms with Crippen LogP contribution in [0, 0.1) is 5.92 Å². The highest BCUT2D eigenvalue weighted by Gasteiger charge is 2.29. The van der Waals surface area contributed by atoms with Gasteiger partial charge < -0.3 is 14.8 Å². The zero-order valence-corrected chi connectivity index (χ0v) is 12.2. The Balaban J connectivity index is 2.04. The van der Waals surface area contributed by atoms with Gasteiger partial charge in [0.2, 0.25) is 0 Å². The molecule has 0 aromatic heterocycles. The molecule has 1 N–H and O–H groups in total. The van der Waals surface area contributed by atoms with E-state index in [1.807, 2.05) is 13.0 Å². The molecule has 19 heavy (non-hydrogen) atoms. The largest absolute Gasteiger partial charge is 0.494 e. The summed E-state index contributed by atoms with van der Waals surface area (Å²) in [6, 6.07) is 8.83. The molecule has 2 rings (SSSR count). The van der Waals surface area contributed by atoms with Crippen LogP contribution in [0.3, 0.4) is 0 Å². The second kappa shape index (κ2) is 6.92. The van der Waals surface area contributed by atoms with Gasteiger partial charge in [-0.3, -0.25) is 0 Å². The van der Waals surface area contributed by atoms with E-state index in [2.05, 4.69) is 37.4 Å². The predicted octanol–water partition coefficient (Wildman–Crippen LogP) is 3.16. The normalized spacial score (nSPS) is 22.9. The quantitative estimate of drug-likeness (QED) is 0.855. The van der Waals surface area contributed by atoms with Crippen molar-refractivity contribution in [2.45, 2.75) is 39.3 Å². The second-order valence-electron chi connectivity index (χ2n) is 5.41. The summed E-state index contributed by atoms with van der Waals surface area (Å²) in [5.41, 5.74) is 1.24. The molecule has 1 aromatic carbocycles. The lowest BCUT2D eigenvalue weighted by atomic mass is 9.95. The average Bonchev–Trinajstić information content (AvgIpc) is 2.85. The smallest absolute Gasteiger partial charge is 0.119 e. The van der Waals surface area contributed by atoms with Crippen molar-refractivity contribution < 1.29 is 9.47 Å². The van der Waals surface area contributed by atoms with E-state index in [1.54, 1.807) is 0 Å². The standard InChI is InChI=1S/C16H25NO2/c1-4-18-15-7-5-6-13(10-15)16-14(8-9-19-16)11-17-12(2)3/h5-7,10,12,14,16-17H,4,8-9,11H2,1-3H3. The number of rotatable bonds is 6. The van der Waals surface area contributed by atoms with E-state index in [-0.39, 0.29) is 6.10 Å². The van der Waals surface area contributed by atoms with E-state index in [1.165, 1.54) is 5.56 Å². The van der Waals surface area contributed by atoms with E-state index < -0.39 is 0 Å². The van der Waals surface area contributed by atoms with Crippen LogP contribution in [0.25, 0.3) is 0 Å². The van der Waals surface area contributed by atoms with Gasteiger partial charge >= 0.3 is 0 Å². The molecule has 1 fully saturated rings. The molecule has 3 heteroatoms. The van der Waals surface area contributed by atoms with Gasteiger partial charge in [0, 0.05) is 25.1 Å². The minimum Gasteiger partial charge on any atom is -0.494 e. The first-order valence-corrected chi connectivity index (χ1v) is 7.28. The topological polar surface area (TPSA) is 30.5 Å². The van der Waals surface area contributed by atoms with Crippen molar-refractivity contribution in [1.82, 2.24) is 5.32 Å². The van der Waals surface area contributed by atoms with Crippen LogP contribution in [0.4, 0.5) is 0 Å². The van der Waals surface area contributed by atoms with Gasteiger partial charge in [-0.1, -0.05) is 26.0 Å². The minimum absolute atomic E-state index is 0.201. The van der Waals surface area contributed by atoms with Crippen LogP contribution in [0.5, 0.6) is 5.75 Å². The highest BCUT2D eigenvalue weighted by molar-refractivity contribution is 5.30. The van der Waals surface area contributed by atoms with Crippen LogP contribution in [-0.2, 0) is 4.74 Å². The van der Waals surface area contributed by atoms with Gasteiger partial charge in [0.1, 0.15) is 5.75 Å². The number of hydrogen-bond acceptors (Lipinski definition) is 3. The summed E-state index contributed by atoms with van der Waals surface area (Å²) in [6.07, 6.45) is 1.33. The molecule has 0 spiro atoms. The fourth-order valence-electron chi connectivity index (χ4n) is 2.55. The van der Waals surface area contributed by atoms with Crippen LogP contribution in [-0.4, -0.2) is 25.8 Å². The summed E-state index contributed by atoms with van der Waals surface area (Å²) in [7, 11) is 0. The van der Waals surface area contributed by atoms with Crippen molar-refractivity contribution in [2.24, 2.45) is 5.92 Å². The zero-order valence-electron chi connectivity index (χ0n) is 12.2. The minimum atomic E-state index is 0.201. The molecule has 1 aliphatic heterocycles. The molecule has 2 atom stereocenters. The molecular weight excluding hydrogens is 238 g/mol. The molecule has 2 unspecified atom stereocenters. The van der Waals surface area contributed by atoms with Gasteiger partial charge in [0.25, 0.3) is 0 Å². The lowest BCUT2D eigenvalue weighted by molar-refractivity contribution is 0.0898. The summed E-state index contributed by atoms with van der Waals surface area (Å²) >= 11 is 0. The zero-order chi connectivity index (χ0) is 13.7. The Morgan fingerprint density at radius 1 is 1.42 bits per heavy atom.